The van der Waals surface area contributed by atoms with Crippen molar-refractivity contribution in [2.75, 3.05) is 6.54 Å². The van der Waals surface area contributed by atoms with Crippen molar-refractivity contribution in [3.8, 4) is 0 Å². The molecule has 3 unspecified atom stereocenters. The predicted molar refractivity (Wildman–Crippen MR) is 51.6 cm³/mol. The van der Waals surface area contributed by atoms with E-state index in [1.165, 1.54) is 25.8 Å². The normalized spacial score (nSPS) is 42.0. The van der Waals surface area contributed by atoms with Crippen LogP contribution in [0.1, 0.15) is 33.1 Å². The fourth-order valence-electron chi connectivity index (χ4n) is 2.02. The first-order chi connectivity index (χ1) is 5.29. The van der Waals surface area contributed by atoms with Crippen molar-refractivity contribution < 1.29 is 4.74 Å². The van der Waals surface area contributed by atoms with Gasteiger partial charge in [-0.3, -0.25) is 4.90 Å². The Labute approximate surface area is 80.7 Å². The summed E-state index contributed by atoms with van der Waals surface area (Å²) in [5.41, 5.74) is 0. The van der Waals surface area contributed by atoms with E-state index in [1.807, 2.05) is 0 Å². The summed E-state index contributed by atoms with van der Waals surface area (Å²) in [6.07, 6.45) is 5.07. The highest BCUT2D eigenvalue weighted by molar-refractivity contribution is 5.85. The lowest BCUT2D eigenvalue weighted by Gasteiger charge is -2.31. The zero-order chi connectivity index (χ0) is 7.84. The van der Waals surface area contributed by atoms with Gasteiger partial charge in [0.2, 0.25) is 0 Å². The van der Waals surface area contributed by atoms with Gasteiger partial charge in [-0.05, 0) is 26.7 Å². The van der Waals surface area contributed by atoms with Crippen molar-refractivity contribution in [2.24, 2.45) is 0 Å². The third-order valence-electron chi connectivity index (χ3n) is 2.86. The summed E-state index contributed by atoms with van der Waals surface area (Å²) in [5, 5.41) is 0. The van der Waals surface area contributed by atoms with E-state index in [0.717, 1.165) is 6.04 Å². The molecule has 12 heavy (non-hydrogen) atoms. The third-order valence-corrected chi connectivity index (χ3v) is 2.86. The van der Waals surface area contributed by atoms with Crippen LogP contribution in [-0.4, -0.2) is 29.8 Å². The fraction of sp³-hybridized carbons (Fsp3) is 1.00. The van der Waals surface area contributed by atoms with Gasteiger partial charge in [-0.1, -0.05) is 6.42 Å². The smallest absolute Gasteiger partial charge is 0.137 e. The number of ether oxygens (including phenoxy) is 1. The summed E-state index contributed by atoms with van der Waals surface area (Å²) in [6, 6.07) is 0.749. The van der Waals surface area contributed by atoms with E-state index in [1.54, 1.807) is 0 Å². The standard InChI is InChI=1S/C9H17NO.ClH/c1-7-5-3-4-6-10(7)9-8(2)11-9;/h7-9H,3-6H2,1-2H3;1H. The number of nitrogens with zero attached hydrogens (tertiary/aromatic N) is 1. The van der Waals surface area contributed by atoms with Crippen molar-refractivity contribution in [1.82, 2.24) is 4.90 Å². The summed E-state index contributed by atoms with van der Waals surface area (Å²) in [5.74, 6) is 0. The fourth-order valence-corrected chi connectivity index (χ4v) is 2.02. The molecule has 0 aromatic heterocycles. The number of epoxide rings is 1. The molecule has 2 rings (SSSR count). The Morgan fingerprint density at radius 2 is 1.92 bits per heavy atom. The first-order valence-electron chi connectivity index (χ1n) is 4.70. The van der Waals surface area contributed by atoms with Crippen molar-refractivity contribution in [2.45, 2.75) is 51.5 Å². The monoisotopic (exact) mass is 191 g/mol. The molecule has 0 bridgehead atoms. The van der Waals surface area contributed by atoms with E-state index in [4.69, 9.17) is 4.74 Å². The molecule has 0 N–H and O–H groups in total. The van der Waals surface area contributed by atoms with Gasteiger partial charge in [0, 0.05) is 12.6 Å². The first-order valence-corrected chi connectivity index (χ1v) is 4.70. The summed E-state index contributed by atoms with van der Waals surface area (Å²) in [4.78, 5) is 2.51. The van der Waals surface area contributed by atoms with E-state index < -0.39 is 0 Å². The number of likely N-dealkylation sites (tertiary alicyclic amines) is 1. The van der Waals surface area contributed by atoms with E-state index in [2.05, 4.69) is 18.7 Å². The van der Waals surface area contributed by atoms with Gasteiger partial charge < -0.3 is 4.74 Å². The van der Waals surface area contributed by atoms with E-state index in [9.17, 15) is 0 Å². The van der Waals surface area contributed by atoms with Crippen LogP contribution in [0.4, 0.5) is 0 Å². The van der Waals surface area contributed by atoms with Crippen molar-refractivity contribution in [3.05, 3.63) is 0 Å². The van der Waals surface area contributed by atoms with Crippen LogP contribution in [0.25, 0.3) is 0 Å². The van der Waals surface area contributed by atoms with Crippen LogP contribution in [0.3, 0.4) is 0 Å². The van der Waals surface area contributed by atoms with Crippen molar-refractivity contribution >= 4 is 12.4 Å². The van der Waals surface area contributed by atoms with Gasteiger partial charge in [-0.25, -0.2) is 0 Å². The quantitative estimate of drug-likeness (QED) is 0.590. The maximum atomic E-state index is 5.45. The average molecular weight is 192 g/mol. The second kappa shape index (κ2) is 3.95. The molecule has 2 saturated heterocycles. The second-order valence-electron chi connectivity index (χ2n) is 3.81. The Bertz CT molecular complexity index is 151. The van der Waals surface area contributed by atoms with E-state index >= 15 is 0 Å². The molecule has 0 spiro atoms. The van der Waals surface area contributed by atoms with Gasteiger partial charge in [0.1, 0.15) is 6.23 Å². The van der Waals surface area contributed by atoms with Crippen LogP contribution in [-0.2, 0) is 4.74 Å². The molecule has 0 aromatic carbocycles. The Kier molecular flexibility index (Phi) is 3.38. The molecule has 0 radical (unpaired) electrons. The molecule has 2 aliphatic heterocycles. The molecule has 2 fully saturated rings. The Morgan fingerprint density at radius 3 is 2.42 bits per heavy atom. The van der Waals surface area contributed by atoms with Crippen LogP contribution in [0.5, 0.6) is 0 Å². The lowest BCUT2D eigenvalue weighted by molar-refractivity contribution is 0.0985. The maximum Gasteiger partial charge on any atom is 0.137 e. The molecule has 0 aliphatic carbocycles. The summed E-state index contributed by atoms with van der Waals surface area (Å²) < 4.78 is 5.45. The molecule has 2 heterocycles. The summed E-state index contributed by atoms with van der Waals surface area (Å²) in [7, 11) is 0. The summed E-state index contributed by atoms with van der Waals surface area (Å²) in [6.45, 7) is 5.72. The lowest BCUT2D eigenvalue weighted by Crippen LogP contribution is -2.40. The number of halogens is 1. The topological polar surface area (TPSA) is 15.8 Å². The van der Waals surface area contributed by atoms with Gasteiger partial charge >= 0.3 is 0 Å². The average Bonchev–Trinajstić information content (AvgIpc) is 2.68. The molecular formula is C9H18ClNO. The highest BCUT2D eigenvalue weighted by Crippen LogP contribution is 2.30. The minimum atomic E-state index is 0. The SMILES string of the molecule is CC1OC1N1CCCCC1C.Cl. The number of rotatable bonds is 1. The predicted octanol–water partition coefficient (Wildman–Crippen LogP) is 2.03. The van der Waals surface area contributed by atoms with Gasteiger partial charge in [-0.2, -0.15) is 0 Å². The minimum Gasteiger partial charge on any atom is -0.353 e. The van der Waals surface area contributed by atoms with Gasteiger partial charge in [0.05, 0.1) is 6.10 Å². The third kappa shape index (κ3) is 1.93. The number of hydrogen-bond acceptors (Lipinski definition) is 2. The molecule has 3 atom stereocenters. The zero-order valence-corrected chi connectivity index (χ0v) is 8.64. The molecule has 2 nitrogen and oxygen atoms in total. The van der Waals surface area contributed by atoms with Gasteiger partial charge in [0.15, 0.2) is 0 Å². The number of hydrogen-bond donors (Lipinski definition) is 0. The molecule has 3 heteroatoms. The maximum absolute atomic E-state index is 5.45. The van der Waals surface area contributed by atoms with Crippen LogP contribution in [0, 0.1) is 0 Å². The Balaban J connectivity index is 0.000000720. The van der Waals surface area contributed by atoms with Crippen LogP contribution >= 0.6 is 12.4 Å². The van der Waals surface area contributed by atoms with Crippen molar-refractivity contribution in [1.29, 1.82) is 0 Å². The Morgan fingerprint density at radius 1 is 1.25 bits per heavy atom. The zero-order valence-electron chi connectivity index (χ0n) is 7.82. The molecule has 2 aliphatic rings. The summed E-state index contributed by atoms with van der Waals surface area (Å²) >= 11 is 0. The highest BCUT2D eigenvalue weighted by atomic mass is 35.5. The van der Waals surface area contributed by atoms with Crippen LogP contribution in [0.15, 0.2) is 0 Å². The first kappa shape index (κ1) is 10.3. The molecule has 0 saturated carbocycles. The Hall–Kier alpha value is 0.210. The van der Waals surface area contributed by atoms with Crippen LogP contribution < -0.4 is 0 Å². The second-order valence-corrected chi connectivity index (χ2v) is 3.81. The highest BCUT2D eigenvalue weighted by Gasteiger charge is 2.42. The van der Waals surface area contributed by atoms with Crippen molar-refractivity contribution in [3.63, 3.8) is 0 Å². The van der Waals surface area contributed by atoms with E-state index in [-0.39, 0.29) is 12.4 Å². The minimum absolute atomic E-state index is 0. The molecule has 0 aromatic rings. The molecular weight excluding hydrogens is 174 g/mol. The van der Waals surface area contributed by atoms with Gasteiger partial charge in [-0.15, -0.1) is 12.4 Å². The molecule has 72 valence electrons. The van der Waals surface area contributed by atoms with Gasteiger partial charge in [0.25, 0.3) is 0 Å². The largest absolute Gasteiger partial charge is 0.353 e. The van der Waals surface area contributed by atoms with Crippen LogP contribution in [0.2, 0.25) is 0 Å². The lowest BCUT2D eigenvalue weighted by atomic mass is 10.0. The molecule has 0 amide bonds. The number of piperidine rings is 1. The van der Waals surface area contributed by atoms with E-state index in [0.29, 0.717) is 12.3 Å².